The number of nitrogens with zero attached hydrogens (tertiary/aromatic N) is 3. The minimum atomic E-state index is -0.847. The predicted molar refractivity (Wildman–Crippen MR) is 232 cm³/mol. The number of benzene rings is 1. The number of nitrogens with one attached hydrogen (secondary N) is 1. The van der Waals surface area contributed by atoms with Crippen molar-refractivity contribution in [2.24, 2.45) is 23.7 Å². The lowest BCUT2D eigenvalue weighted by Gasteiger charge is -2.37. The van der Waals surface area contributed by atoms with Gasteiger partial charge in [-0.2, -0.15) is 0 Å². The molecular formula is C46H72N4O8S. The topological polar surface area (TPSA) is 144 Å². The average Bonchev–Trinajstić information content (AvgIpc) is 3.62. The van der Waals surface area contributed by atoms with Gasteiger partial charge in [-0.15, -0.1) is 11.3 Å². The van der Waals surface area contributed by atoms with E-state index in [4.69, 9.17) is 19.2 Å². The van der Waals surface area contributed by atoms with Gasteiger partial charge in [0.2, 0.25) is 5.91 Å². The van der Waals surface area contributed by atoms with Gasteiger partial charge in [-0.25, -0.2) is 4.98 Å². The van der Waals surface area contributed by atoms with E-state index in [0.717, 1.165) is 44.2 Å². The molecule has 0 unspecified atom stereocenters. The molecule has 12 nitrogen and oxygen atoms in total. The number of carbonyl (C=O) groups excluding carboxylic acids is 5. The number of rotatable bonds is 25. The monoisotopic (exact) mass is 841 g/mol. The summed E-state index contributed by atoms with van der Waals surface area (Å²) in [5, 5.41) is 3.63. The van der Waals surface area contributed by atoms with Crippen LogP contribution in [0.5, 0.6) is 0 Å². The van der Waals surface area contributed by atoms with Crippen molar-refractivity contribution in [3.05, 3.63) is 51.5 Å². The van der Waals surface area contributed by atoms with E-state index in [1.807, 2.05) is 65.1 Å². The van der Waals surface area contributed by atoms with E-state index in [9.17, 15) is 24.0 Å². The van der Waals surface area contributed by atoms with Crippen LogP contribution in [0.4, 0.5) is 0 Å². The summed E-state index contributed by atoms with van der Waals surface area (Å²) in [5.41, 5.74) is 1.23. The summed E-state index contributed by atoms with van der Waals surface area (Å²) in [6, 6.07) is 8.84. The van der Waals surface area contributed by atoms with Crippen LogP contribution in [0.1, 0.15) is 139 Å². The molecule has 3 rings (SSSR count). The van der Waals surface area contributed by atoms with Crippen molar-refractivity contribution >= 4 is 40.9 Å². The van der Waals surface area contributed by atoms with Crippen molar-refractivity contribution in [2.45, 2.75) is 144 Å². The van der Waals surface area contributed by atoms with E-state index in [1.165, 1.54) is 18.3 Å². The number of likely N-dealkylation sites (N-methyl/N-ethyl adjacent to an activating group) is 1. The molecule has 2 aromatic rings. The Kier molecular flexibility index (Phi) is 21.2. The van der Waals surface area contributed by atoms with Gasteiger partial charge in [0.1, 0.15) is 10.7 Å². The van der Waals surface area contributed by atoms with Gasteiger partial charge in [-0.3, -0.25) is 28.9 Å². The number of unbranched alkanes of at least 4 members (excludes halogenated alkanes) is 1. The van der Waals surface area contributed by atoms with Gasteiger partial charge in [0, 0.05) is 62.7 Å². The van der Waals surface area contributed by atoms with E-state index in [-0.39, 0.29) is 66.7 Å². The normalized spacial score (nSPS) is 17.2. The standard InChI is InChI=1S/C46H72N4O8S/c1-11-13-24-56-25-22-41-42(43(53)47-35(26-32(7)46(55)57-12-2)27-34-19-15-14-16-20-34)48-44(59-41)40(58-33(8)51)29-38(31(5)6)50(10)45(54)36(30(3)4)28-39(52)37-21-17-18-23-49(37)9/h14-16,19-20,30-32,35-38,40H,11-13,17-18,21-29H2,1-10H3,(H,47,53)/t32-,35+,36-,37+,38+,40+/m0/s1. The lowest BCUT2D eigenvalue weighted by atomic mass is 9.84. The number of carbonyl (C=O) groups is 5. The molecule has 6 atom stereocenters. The number of hydrogen-bond donors (Lipinski definition) is 1. The minimum absolute atomic E-state index is 0.0377. The van der Waals surface area contributed by atoms with E-state index >= 15 is 0 Å². The molecule has 2 amide bonds. The van der Waals surface area contributed by atoms with Crippen molar-refractivity contribution in [3.63, 3.8) is 0 Å². The maximum atomic E-state index is 14.3. The molecule has 0 bridgehead atoms. The molecule has 13 heteroatoms. The van der Waals surface area contributed by atoms with E-state index < -0.39 is 35.9 Å². The van der Waals surface area contributed by atoms with Crippen LogP contribution >= 0.6 is 11.3 Å². The average molecular weight is 841 g/mol. The summed E-state index contributed by atoms with van der Waals surface area (Å²) < 4.78 is 17.2. The Bertz CT molecular complexity index is 1630. The summed E-state index contributed by atoms with van der Waals surface area (Å²) in [6.07, 6.45) is 5.65. The van der Waals surface area contributed by atoms with Crippen molar-refractivity contribution in [1.82, 2.24) is 20.1 Å². The molecule has 0 aliphatic carbocycles. The highest BCUT2D eigenvalue weighted by molar-refractivity contribution is 7.12. The fraction of sp³-hybridized carbons (Fsp3) is 0.696. The van der Waals surface area contributed by atoms with Gasteiger partial charge in [0.05, 0.1) is 25.2 Å². The first-order valence-electron chi connectivity index (χ1n) is 21.8. The Hall–Kier alpha value is -3.68. The van der Waals surface area contributed by atoms with Gasteiger partial charge in [-0.1, -0.05) is 84.7 Å². The zero-order chi connectivity index (χ0) is 43.6. The number of hydrogen-bond acceptors (Lipinski definition) is 11. The number of Topliss-reactive ketones (excluding diaryl/α,β-unsaturated/α-hetero) is 1. The Morgan fingerprint density at radius 1 is 0.983 bits per heavy atom. The van der Waals surface area contributed by atoms with Crippen LogP contribution in [-0.2, 0) is 46.2 Å². The number of aromatic nitrogens is 1. The molecular weight excluding hydrogens is 769 g/mol. The van der Waals surface area contributed by atoms with Crippen LogP contribution in [0.25, 0.3) is 0 Å². The zero-order valence-corrected chi connectivity index (χ0v) is 38.2. The first-order chi connectivity index (χ1) is 28.1. The molecule has 0 saturated carbocycles. The van der Waals surface area contributed by atoms with Crippen molar-refractivity contribution in [3.8, 4) is 0 Å². The minimum Gasteiger partial charge on any atom is -0.466 e. The van der Waals surface area contributed by atoms with Crippen LogP contribution in [0.15, 0.2) is 30.3 Å². The van der Waals surface area contributed by atoms with E-state index in [0.29, 0.717) is 42.4 Å². The number of amides is 2. The summed E-state index contributed by atoms with van der Waals surface area (Å²) >= 11 is 1.31. The number of ether oxygens (including phenoxy) is 3. The predicted octanol–water partition coefficient (Wildman–Crippen LogP) is 7.63. The Morgan fingerprint density at radius 2 is 1.69 bits per heavy atom. The Labute approximate surface area is 357 Å². The Morgan fingerprint density at radius 3 is 2.31 bits per heavy atom. The van der Waals surface area contributed by atoms with Gasteiger partial charge in [0.25, 0.3) is 5.91 Å². The maximum Gasteiger partial charge on any atom is 0.308 e. The molecule has 1 aliphatic heterocycles. The summed E-state index contributed by atoms with van der Waals surface area (Å²) in [7, 11) is 3.76. The van der Waals surface area contributed by atoms with Gasteiger partial charge in [-0.05, 0) is 70.0 Å². The number of likely N-dealkylation sites (tertiary alicyclic amines) is 1. The molecule has 1 aromatic carbocycles. The van der Waals surface area contributed by atoms with Crippen molar-refractivity contribution in [1.29, 1.82) is 0 Å². The highest BCUT2D eigenvalue weighted by Gasteiger charge is 2.37. The van der Waals surface area contributed by atoms with Gasteiger partial charge in [0.15, 0.2) is 11.9 Å². The molecule has 1 aromatic heterocycles. The molecule has 1 fully saturated rings. The second-order valence-electron chi connectivity index (χ2n) is 16.9. The lowest BCUT2D eigenvalue weighted by Crippen LogP contribution is -2.48. The quantitative estimate of drug-likeness (QED) is 0.0783. The molecule has 59 heavy (non-hydrogen) atoms. The maximum absolute atomic E-state index is 14.3. The SMILES string of the molecule is CCCCOCCc1sc([C@@H](C[C@H](C(C)C)N(C)C(=O)[C@@H](CC(=O)[C@H]2CCCCN2C)C(C)C)OC(C)=O)nc1C(=O)N[C@@H](Cc1ccccc1)C[C@H](C)C(=O)OCC. The third kappa shape index (κ3) is 15.7. The summed E-state index contributed by atoms with van der Waals surface area (Å²) in [4.78, 5) is 77.0. The highest BCUT2D eigenvalue weighted by atomic mass is 32.1. The van der Waals surface area contributed by atoms with Gasteiger partial charge < -0.3 is 24.4 Å². The fourth-order valence-corrected chi connectivity index (χ4v) is 8.97. The lowest BCUT2D eigenvalue weighted by molar-refractivity contribution is -0.150. The molecule has 1 saturated heterocycles. The molecule has 330 valence electrons. The number of piperidine rings is 1. The molecule has 2 heterocycles. The third-order valence-electron chi connectivity index (χ3n) is 11.4. The first-order valence-corrected chi connectivity index (χ1v) is 22.6. The summed E-state index contributed by atoms with van der Waals surface area (Å²) in [5.74, 6) is -2.28. The first kappa shape index (κ1) is 49.7. The van der Waals surface area contributed by atoms with Crippen LogP contribution in [0.3, 0.4) is 0 Å². The van der Waals surface area contributed by atoms with E-state index in [2.05, 4.69) is 17.1 Å². The zero-order valence-electron chi connectivity index (χ0n) is 37.4. The summed E-state index contributed by atoms with van der Waals surface area (Å²) in [6.45, 7) is 17.2. The van der Waals surface area contributed by atoms with Crippen LogP contribution in [0.2, 0.25) is 0 Å². The van der Waals surface area contributed by atoms with Crippen LogP contribution in [-0.4, -0.2) is 103 Å². The van der Waals surface area contributed by atoms with Crippen LogP contribution in [0, 0.1) is 23.7 Å². The Balaban J connectivity index is 1.96. The molecule has 0 spiro atoms. The van der Waals surface area contributed by atoms with Crippen LogP contribution < -0.4 is 5.32 Å². The van der Waals surface area contributed by atoms with Crippen molar-refractivity contribution < 1.29 is 38.2 Å². The third-order valence-corrected chi connectivity index (χ3v) is 12.6. The molecule has 0 radical (unpaired) electrons. The number of esters is 2. The molecule has 1 N–H and O–H groups in total. The molecule has 1 aliphatic rings. The second kappa shape index (κ2) is 25.2. The largest absolute Gasteiger partial charge is 0.466 e. The van der Waals surface area contributed by atoms with Gasteiger partial charge >= 0.3 is 11.9 Å². The fourth-order valence-electron chi connectivity index (χ4n) is 7.89. The second-order valence-corrected chi connectivity index (χ2v) is 18.0. The number of thiazole rings is 1. The van der Waals surface area contributed by atoms with E-state index in [1.54, 1.807) is 25.8 Å². The smallest absolute Gasteiger partial charge is 0.308 e. The highest BCUT2D eigenvalue weighted by Crippen LogP contribution is 2.34. The number of ketones is 1. The van der Waals surface area contributed by atoms with Crippen molar-refractivity contribution in [2.75, 3.05) is 40.5 Å².